The van der Waals surface area contributed by atoms with E-state index in [1.807, 2.05) is 6.92 Å². The number of hydrogen-bond donors (Lipinski definition) is 2. The van der Waals surface area contributed by atoms with Crippen molar-refractivity contribution in [3.63, 3.8) is 0 Å². The Hall–Kier alpha value is -2.01. The molecule has 1 amide bonds. The molecule has 0 atom stereocenters. The number of carbonyl (C=O) groups excluding carboxylic acids is 1. The Labute approximate surface area is 110 Å². The molecule has 0 fully saturated rings. The van der Waals surface area contributed by atoms with E-state index in [-0.39, 0.29) is 5.91 Å². The summed E-state index contributed by atoms with van der Waals surface area (Å²) < 4.78 is 1.64. The number of nitrogens with one attached hydrogen (secondary N) is 1. The summed E-state index contributed by atoms with van der Waals surface area (Å²) in [6, 6.07) is 4.77. The molecule has 0 radical (unpaired) electrons. The van der Waals surface area contributed by atoms with Crippen molar-refractivity contribution in [3.8, 4) is 0 Å². The number of nitrogens with zero attached hydrogens (tertiary/aromatic N) is 2. The van der Waals surface area contributed by atoms with E-state index in [4.69, 9.17) is 17.3 Å². The zero-order valence-electron chi connectivity index (χ0n) is 10.1. The Morgan fingerprint density at radius 2 is 2.22 bits per heavy atom. The molecule has 0 spiro atoms. The number of nitrogen functional groups attached to an aromatic ring is 1. The smallest absolute Gasteiger partial charge is 0.255 e. The van der Waals surface area contributed by atoms with Gasteiger partial charge in [0.25, 0.3) is 5.91 Å². The van der Waals surface area contributed by atoms with E-state index in [0.29, 0.717) is 22.0 Å². The number of nitrogens with two attached hydrogens (primary N) is 1. The Kier molecular flexibility index (Phi) is 3.25. The minimum absolute atomic E-state index is 0.241. The summed E-state index contributed by atoms with van der Waals surface area (Å²) in [6.07, 6.45) is 1.74. The molecule has 1 heterocycles. The van der Waals surface area contributed by atoms with Crippen LogP contribution in [-0.2, 0) is 7.05 Å². The number of benzene rings is 1. The lowest BCUT2D eigenvalue weighted by Crippen LogP contribution is -2.12. The van der Waals surface area contributed by atoms with Gasteiger partial charge in [-0.15, -0.1) is 0 Å². The molecule has 0 aliphatic heterocycles. The predicted molar refractivity (Wildman–Crippen MR) is 71.8 cm³/mol. The highest BCUT2D eigenvalue weighted by Crippen LogP contribution is 2.20. The van der Waals surface area contributed by atoms with Gasteiger partial charge in [-0.3, -0.25) is 9.48 Å². The zero-order valence-corrected chi connectivity index (χ0v) is 10.8. The number of aromatic nitrogens is 2. The van der Waals surface area contributed by atoms with Crippen LogP contribution < -0.4 is 11.1 Å². The van der Waals surface area contributed by atoms with Crippen LogP contribution in [0.1, 0.15) is 16.1 Å². The van der Waals surface area contributed by atoms with E-state index in [1.54, 1.807) is 36.1 Å². The van der Waals surface area contributed by atoms with Gasteiger partial charge in [0.1, 0.15) is 0 Å². The predicted octanol–water partition coefficient (Wildman–Crippen LogP) is 2.22. The lowest BCUT2D eigenvalue weighted by Gasteiger charge is -2.05. The second-order valence-electron chi connectivity index (χ2n) is 3.99. The van der Waals surface area contributed by atoms with Gasteiger partial charge < -0.3 is 11.1 Å². The van der Waals surface area contributed by atoms with E-state index in [2.05, 4.69) is 10.4 Å². The Balaban J connectivity index is 2.22. The van der Waals surface area contributed by atoms with Crippen LogP contribution in [0.5, 0.6) is 0 Å². The van der Waals surface area contributed by atoms with Crippen molar-refractivity contribution < 1.29 is 4.79 Å². The summed E-state index contributed by atoms with van der Waals surface area (Å²) >= 11 is 5.80. The van der Waals surface area contributed by atoms with Crippen molar-refractivity contribution in [2.45, 2.75) is 6.92 Å². The lowest BCUT2D eigenvalue weighted by molar-refractivity contribution is 0.102. The molecule has 5 nitrogen and oxygen atoms in total. The second kappa shape index (κ2) is 4.70. The molecular weight excluding hydrogens is 252 g/mol. The molecule has 0 bridgehead atoms. The van der Waals surface area contributed by atoms with Crippen molar-refractivity contribution in [2.24, 2.45) is 7.05 Å². The van der Waals surface area contributed by atoms with E-state index in [0.717, 1.165) is 5.69 Å². The van der Waals surface area contributed by atoms with Crippen LogP contribution in [0, 0.1) is 6.92 Å². The van der Waals surface area contributed by atoms with E-state index >= 15 is 0 Å². The SMILES string of the molecule is Cc1nn(C)cc1NC(=O)c1ccc(Cl)c(N)c1. The summed E-state index contributed by atoms with van der Waals surface area (Å²) in [7, 11) is 1.79. The quantitative estimate of drug-likeness (QED) is 0.817. The number of aryl methyl sites for hydroxylation is 2. The Morgan fingerprint density at radius 3 is 2.78 bits per heavy atom. The topological polar surface area (TPSA) is 72.9 Å². The van der Waals surface area contributed by atoms with Gasteiger partial charge >= 0.3 is 0 Å². The molecule has 0 saturated carbocycles. The fourth-order valence-electron chi connectivity index (χ4n) is 1.60. The molecule has 18 heavy (non-hydrogen) atoms. The van der Waals surface area contributed by atoms with Crippen LogP contribution >= 0.6 is 11.6 Å². The molecule has 6 heteroatoms. The molecule has 94 valence electrons. The maximum atomic E-state index is 12.0. The lowest BCUT2D eigenvalue weighted by atomic mass is 10.2. The molecule has 1 aromatic carbocycles. The zero-order chi connectivity index (χ0) is 13.3. The van der Waals surface area contributed by atoms with Gasteiger partial charge in [0.2, 0.25) is 0 Å². The maximum Gasteiger partial charge on any atom is 0.255 e. The third-order valence-corrected chi connectivity index (χ3v) is 2.86. The Bertz CT molecular complexity index is 606. The van der Waals surface area contributed by atoms with E-state index < -0.39 is 0 Å². The van der Waals surface area contributed by atoms with E-state index in [9.17, 15) is 4.79 Å². The number of rotatable bonds is 2. The van der Waals surface area contributed by atoms with Crippen LogP contribution in [-0.4, -0.2) is 15.7 Å². The molecule has 2 rings (SSSR count). The molecule has 0 unspecified atom stereocenters. The standard InChI is InChI=1S/C12H13ClN4O/c1-7-11(6-17(2)16-7)15-12(18)8-3-4-9(13)10(14)5-8/h3-6H,14H2,1-2H3,(H,15,18). The summed E-state index contributed by atoms with van der Waals surface area (Å²) in [5.74, 6) is -0.241. The van der Waals surface area contributed by atoms with E-state index in [1.165, 1.54) is 0 Å². The minimum atomic E-state index is -0.241. The summed E-state index contributed by atoms with van der Waals surface area (Å²) in [4.78, 5) is 12.0. The van der Waals surface area contributed by atoms with Gasteiger partial charge in [-0.2, -0.15) is 5.10 Å². The van der Waals surface area contributed by atoms with Gasteiger partial charge in [0, 0.05) is 18.8 Å². The fraction of sp³-hybridized carbons (Fsp3) is 0.167. The van der Waals surface area contributed by atoms with Crippen LogP contribution in [0.15, 0.2) is 24.4 Å². The molecule has 0 aliphatic carbocycles. The van der Waals surface area contributed by atoms with Gasteiger partial charge in [-0.05, 0) is 25.1 Å². The average Bonchev–Trinajstić information content (AvgIpc) is 2.61. The van der Waals surface area contributed by atoms with Crippen molar-refractivity contribution >= 4 is 28.9 Å². The normalized spacial score (nSPS) is 10.4. The molecular formula is C12H13ClN4O. The van der Waals surface area contributed by atoms with Crippen LogP contribution in [0.2, 0.25) is 5.02 Å². The van der Waals surface area contributed by atoms with Crippen LogP contribution in [0.4, 0.5) is 11.4 Å². The highest BCUT2D eigenvalue weighted by molar-refractivity contribution is 6.33. The second-order valence-corrected chi connectivity index (χ2v) is 4.40. The van der Waals surface area contributed by atoms with Crippen molar-refractivity contribution in [1.29, 1.82) is 0 Å². The first kappa shape index (κ1) is 12.4. The highest BCUT2D eigenvalue weighted by Gasteiger charge is 2.11. The third-order valence-electron chi connectivity index (χ3n) is 2.52. The number of carbonyl (C=O) groups is 1. The molecule has 1 aromatic heterocycles. The van der Waals surface area contributed by atoms with Crippen molar-refractivity contribution in [2.75, 3.05) is 11.1 Å². The number of halogens is 1. The monoisotopic (exact) mass is 264 g/mol. The number of amides is 1. The number of hydrogen-bond acceptors (Lipinski definition) is 3. The summed E-state index contributed by atoms with van der Waals surface area (Å²) in [5, 5.41) is 7.35. The maximum absolute atomic E-state index is 12.0. The van der Waals surface area contributed by atoms with Gasteiger partial charge in [0.15, 0.2) is 0 Å². The first-order valence-corrected chi connectivity index (χ1v) is 5.72. The van der Waals surface area contributed by atoms with Gasteiger partial charge in [-0.1, -0.05) is 11.6 Å². The fourth-order valence-corrected chi connectivity index (χ4v) is 1.72. The third kappa shape index (κ3) is 2.46. The first-order chi connectivity index (χ1) is 8.47. The molecule has 2 aromatic rings. The van der Waals surface area contributed by atoms with Crippen molar-refractivity contribution in [1.82, 2.24) is 9.78 Å². The van der Waals surface area contributed by atoms with Crippen molar-refractivity contribution in [3.05, 3.63) is 40.7 Å². The summed E-state index contributed by atoms with van der Waals surface area (Å²) in [6.45, 7) is 1.83. The minimum Gasteiger partial charge on any atom is -0.398 e. The highest BCUT2D eigenvalue weighted by atomic mass is 35.5. The van der Waals surface area contributed by atoms with Crippen LogP contribution in [0.25, 0.3) is 0 Å². The molecule has 0 saturated heterocycles. The average molecular weight is 265 g/mol. The number of anilines is 2. The van der Waals surface area contributed by atoms with Gasteiger partial charge in [-0.25, -0.2) is 0 Å². The molecule has 3 N–H and O–H groups in total. The summed E-state index contributed by atoms with van der Waals surface area (Å²) in [5.41, 5.74) is 7.93. The van der Waals surface area contributed by atoms with Crippen LogP contribution in [0.3, 0.4) is 0 Å². The Morgan fingerprint density at radius 1 is 1.50 bits per heavy atom. The molecule has 0 aliphatic rings. The van der Waals surface area contributed by atoms with Gasteiger partial charge in [0.05, 0.1) is 22.1 Å². The first-order valence-electron chi connectivity index (χ1n) is 5.34. The largest absolute Gasteiger partial charge is 0.398 e.